The summed E-state index contributed by atoms with van der Waals surface area (Å²) in [5, 5.41) is 19.2. The van der Waals surface area contributed by atoms with Crippen LogP contribution in [0.3, 0.4) is 0 Å². The molecule has 0 unspecified atom stereocenters. The van der Waals surface area contributed by atoms with Crippen molar-refractivity contribution in [2.45, 2.75) is 51.5 Å². The van der Waals surface area contributed by atoms with Gasteiger partial charge in [-0.25, -0.2) is 0 Å². The Morgan fingerprint density at radius 2 is 1.17 bits per heavy atom. The summed E-state index contributed by atoms with van der Waals surface area (Å²) in [7, 11) is 0. The predicted octanol–water partition coefficient (Wildman–Crippen LogP) is 0.227. The molecular weight excluding hydrogens is 160 g/mol. The summed E-state index contributed by atoms with van der Waals surface area (Å²) < 4.78 is 10.4. The normalized spacial score (nSPS) is 55.5. The van der Waals surface area contributed by atoms with Crippen LogP contribution in [0.4, 0.5) is 0 Å². The third kappa shape index (κ3) is 1.61. The molecule has 1 aliphatic heterocycles. The highest BCUT2D eigenvalue weighted by molar-refractivity contribution is 4.83. The van der Waals surface area contributed by atoms with E-state index in [2.05, 4.69) is 0 Å². The molecule has 2 N–H and O–H groups in total. The van der Waals surface area contributed by atoms with E-state index in [1.165, 1.54) is 13.8 Å². The molecule has 1 heterocycles. The summed E-state index contributed by atoms with van der Waals surface area (Å²) in [4.78, 5) is 0. The smallest absolute Gasteiger partial charge is 0.189 e. The van der Waals surface area contributed by atoms with E-state index in [4.69, 9.17) is 9.47 Å². The van der Waals surface area contributed by atoms with E-state index in [-0.39, 0.29) is 0 Å². The van der Waals surface area contributed by atoms with Gasteiger partial charge in [0.1, 0.15) is 12.2 Å². The highest BCUT2D eigenvalue weighted by atomic mass is 16.7. The van der Waals surface area contributed by atoms with E-state index in [1.54, 1.807) is 13.8 Å². The molecule has 12 heavy (non-hydrogen) atoms. The molecule has 0 aliphatic carbocycles. The van der Waals surface area contributed by atoms with Gasteiger partial charge < -0.3 is 19.7 Å². The van der Waals surface area contributed by atoms with Gasteiger partial charge in [-0.1, -0.05) is 0 Å². The Hall–Kier alpha value is -0.160. The highest BCUT2D eigenvalue weighted by Gasteiger charge is 2.47. The van der Waals surface area contributed by atoms with Crippen LogP contribution in [0, 0.1) is 0 Å². The number of hydrogen-bond acceptors (Lipinski definition) is 4. The zero-order chi connectivity index (χ0) is 9.57. The van der Waals surface area contributed by atoms with Crippen molar-refractivity contribution < 1.29 is 19.7 Å². The SMILES string of the molecule is C[C@@H]1O[C@@](C)(O)[C@@H](C)O[C@]1(C)O. The number of hydrogen-bond donors (Lipinski definition) is 2. The summed E-state index contributed by atoms with van der Waals surface area (Å²) in [6.45, 7) is 6.34. The first-order chi connectivity index (χ1) is 5.26. The second kappa shape index (κ2) is 2.67. The maximum Gasteiger partial charge on any atom is 0.189 e. The Balaban J connectivity index is 2.76. The van der Waals surface area contributed by atoms with Gasteiger partial charge in [0.15, 0.2) is 11.6 Å². The van der Waals surface area contributed by atoms with Crippen LogP contribution in [0.1, 0.15) is 27.7 Å². The summed E-state index contributed by atoms with van der Waals surface area (Å²) in [6.07, 6.45) is -1.08. The zero-order valence-corrected chi connectivity index (χ0v) is 7.87. The Labute approximate surface area is 72.1 Å². The average molecular weight is 176 g/mol. The van der Waals surface area contributed by atoms with Crippen molar-refractivity contribution in [2.75, 3.05) is 0 Å². The van der Waals surface area contributed by atoms with Crippen LogP contribution in [-0.4, -0.2) is 34.0 Å². The van der Waals surface area contributed by atoms with Crippen molar-refractivity contribution in [3.8, 4) is 0 Å². The Kier molecular flexibility index (Phi) is 2.21. The molecular formula is C8H16O4. The quantitative estimate of drug-likeness (QED) is 0.554. The minimum Gasteiger partial charge on any atom is -0.364 e. The first-order valence-corrected chi connectivity index (χ1v) is 4.06. The fourth-order valence-electron chi connectivity index (χ4n) is 1.13. The molecule has 1 rings (SSSR count). The van der Waals surface area contributed by atoms with Crippen molar-refractivity contribution in [2.24, 2.45) is 0 Å². The molecule has 1 saturated heterocycles. The van der Waals surface area contributed by atoms with Gasteiger partial charge in [0, 0.05) is 0 Å². The lowest BCUT2D eigenvalue weighted by atomic mass is 10.1. The third-order valence-electron chi connectivity index (χ3n) is 2.34. The lowest BCUT2D eigenvalue weighted by Crippen LogP contribution is -2.59. The van der Waals surface area contributed by atoms with Crippen molar-refractivity contribution in [1.29, 1.82) is 0 Å². The monoisotopic (exact) mass is 176 g/mol. The molecule has 72 valence electrons. The van der Waals surface area contributed by atoms with E-state index in [9.17, 15) is 10.2 Å². The van der Waals surface area contributed by atoms with Gasteiger partial charge in [0.05, 0.1) is 0 Å². The van der Waals surface area contributed by atoms with Crippen molar-refractivity contribution in [3.63, 3.8) is 0 Å². The molecule has 0 aromatic heterocycles. The average Bonchev–Trinajstić information content (AvgIpc) is 1.82. The van der Waals surface area contributed by atoms with Gasteiger partial charge in [0.25, 0.3) is 0 Å². The fourth-order valence-corrected chi connectivity index (χ4v) is 1.13. The zero-order valence-electron chi connectivity index (χ0n) is 7.87. The lowest BCUT2D eigenvalue weighted by Gasteiger charge is -2.46. The van der Waals surface area contributed by atoms with Gasteiger partial charge in [-0.15, -0.1) is 0 Å². The summed E-state index contributed by atoms with van der Waals surface area (Å²) in [5.41, 5.74) is 0. The van der Waals surface area contributed by atoms with E-state index in [0.29, 0.717) is 0 Å². The molecule has 0 radical (unpaired) electrons. The first-order valence-electron chi connectivity index (χ1n) is 4.06. The Morgan fingerprint density at radius 1 is 0.917 bits per heavy atom. The Bertz CT molecular complexity index is 156. The molecule has 4 nitrogen and oxygen atoms in total. The van der Waals surface area contributed by atoms with Gasteiger partial charge in [-0.3, -0.25) is 0 Å². The minimum atomic E-state index is -1.32. The summed E-state index contributed by atoms with van der Waals surface area (Å²) >= 11 is 0. The molecule has 0 amide bonds. The predicted molar refractivity (Wildman–Crippen MR) is 42.3 cm³/mol. The van der Waals surface area contributed by atoms with Gasteiger partial charge in [0.2, 0.25) is 0 Å². The maximum atomic E-state index is 9.59. The van der Waals surface area contributed by atoms with Crippen LogP contribution in [0.15, 0.2) is 0 Å². The first kappa shape index (κ1) is 9.92. The maximum absolute atomic E-state index is 9.59. The van der Waals surface area contributed by atoms with Crippen LogP contribution in [0.25, 0.3) is 0 Å². The standard InChI is InChI=1S/C8H16O4/c1-5-7(3,9)12-6(2)8(4,10)11-5/h5-6,9-10H,1-4H3/t5-,6+,7-,8+. The minimum absolute atomic E-state index is 0.538. The molecule has 0 bridgehead atoms. The van der Waals surface area contributed by atoms with Gasteiger partial charge in [-0.05, 0) is 27.7 Å². The van der Waals surface area contributed by atoms with E-state index in [1.807, 2.05) is 0 Å². The summed E-state index contributed by atoms with van der Waals surface area (Å²) in [6, 6.07) is 0. The number of aliphatic hydroxyl groups is 2. The fraction of sp³-hybridized carbons (Fsp3) is 1.00. The van der Waals surface area contributed by atoms with Crippen LogP contribution in [0.2, 0.25) is 0 Å². The highest BCUT2D eigenvalue weighted by Crippen LogP contribution is 2.31. The molecule has 4 heteroatoms. The second-order valence-electron chi connectivity index (χ2n) is 3.63. The number of rotatable bonds is 0. The van der Waals surface area contributed by atoms with Crippen molar-refractivity contribution in [3.05, 3.63) is 0 Å². The molecule has 0 saturated carbocycles. The number of ether oxygens (including phenoxy) is 2. The van der Waals surface area contributed by atoms with Gasteiger partial charge >= 0.3 is 0 Å². The van der Waals surface area contributed by atoms with Crippen LogP contribution >= 0.6 is 0 Å². The summed E-state index contributed by atoms with van der Waals surface area (Å²) in [5.74, 6) is -2.64. The molecule has 0 spiro atoms. The third-order valence-corrected chi connectivity index (χ3v) is 2.34. The molecule has 0 aromatic carbocycles. The lowest BCUT2D eigenvalue weighted by molar-refractivity contribution is -0.406. The Morgan fingerprint density at radius 3 is 1.42 bits per heavy atom. The van der Waals surface area contributed by atoms with Gasteiger partial charge in [-0.2, -0.15) is 0 Å². The van der Waals surface area contributed by atoms with Crippen molar-refractivity contribution in [1.82, 2.24) is 0 Å². The largest absolute Gasteiger partial charge is 0.364 e. The molecule has 1 fully saturated rings. The van der Waals surface area contributed by atoms with Crippen molar-refractivity contribution >= 4 is 0 Å². The topological polar surface area (TPSA) is 58.9 Å². The van der Waals surface area contributed by atoms with Crippen LogP contribution in [-0.2, 0) is 9.47 Å². The van der Waals surface area contributed by atoms with Crippen LogP contribution in [0.5, 0.6) is 0 Å². The van der Waals surface area contributed by atoms with E-state index in [0.717, 1.165) is 0 Å². The van der Waals surface area contributed by atoms with E-state index >= 15 is 0 Å². The van der Waals surface area contributed by atoms with E-state index < -0.39 is 23.8 Å². The molecule has 1 aliphatic rings. The molecule has 0 aromatic rings. The molecule has 4 atom stereocenters. The van der Waals surface area contributed by atoms with Crippen LogP contribution < -0.4 is 0 Å². The second-order valence-corrected chi connectivity index (χ2v) is 3.63.